The summed E-state index contributed by atoms with van der Waals surface area (Å²) in [6, 6.07) is 10.6. The Hall–Kier alpha value is -2.72. The van der Waals surface area contributed by atoms with Gasteiger partial charge in [-0.15, -0.1) is 0 Å². The molecular weight excluding hydrogens is 466 g/mol. The fourth-order valence-corrected chi connectivity index (χ4v) is 3.41. The third-order valence-electron chi connectivity index (χ3n) is 4.87. The van der Waals surface area contributed by atoms with Crippen molar-refractivity contribution in [3.05, 3.63) is 47.0 Å². The number of esters is 1. The second kappa shape index (κ2) is 13.2. The van der Waals surface area contributed by atoms with Gasteiger partial charge in [0.25, 0.3) is 0 Å². The monoisotopic (exact) mass is 495 g/mol. The van der Waals surface area contributed by atoms with Crippen LogP contribution in [0.25, 0.3) is 0 Å². The number of carbonyl (C=O) groups excluding carboxylic acids is 1. The highest BCUT2D eigenvalue weighted by Gasteiger charge is 2.28. The number of methoxy groups -OCH3 is 1. The lowest BCUT2D eigenvalue weighted by Gasteiger charge is -2.25. The van der Waals surface area contributed by atoms with Crippen LogP contribution in [0, 0.1) is 0 Å². The summed E-state index contributed by atoms with van der Waals surface area (Å²) >= 11 is 6.19. The van der Waals surface area contributed by atoms with Gasteiger partial charge in [-0.1, -0.05) is 17.7 Å². The average molecular weight is 496 g/mol. The number of hydrogen-bond acceptors (Lipinski definition) is 9. The van der Waals surface area contributed by atoms with Crippen molar-refractivity contribution in [3.8, 4) is 23.0 Å². The van der Waals surface area contributed by atoms with E-state index in [9.17, 15) is 9.90 Å². The Morgan fingerprint density at radius 1 is 1.24 bits per heavy atom. The van der Waals surface area contributed by atoms with Crippen LogP contribution in [-0.4, -0.2) is 70.1 Å². The van der Waals surface area contributed by atoms with Gasteiger partial charge in [-0.2, -0.15) is 0 Å². The molecule has 2 aromatic rings. The van der Waals surface area contributed by atoms with Crippen LogP contribution >= 0.6 is 11.6 Å². The lowest BCUT2D eigenvalue weighted by atomic mass is 10.1. The molecule has 1 aliphatic heterocycles. The van der Waals surface area contributed by atoms with E-state index in [-0.39, 0.29) is 20.0 Å². The number of benzene rings is 2. The second-order valence-corrected chi connectivity index (χ2v) is 7.92. The van der Waals surface area contributed by atoms with Crippen molar-refractivity contribution in [2.45, 2.75) is 25.6 Å². The van der Waals surface area contributed by atoms with Gasteiger partial charge in [0.1, 0.15) is 30.8 Å². The van der Waals surface area contributed by atoms with E-state index in [0.29, 0.717) is 47.7 Å². The van der Waals surface area contributed by atoms with Crippen molar-refractivity contribution in [2.24, 2.45) is 0 Å². The molecule has 0 fully saturated rings. The summed E-state index contributed by atoms with van der Waals surface area (Å²) < 4.78 is 32.1. The molecule has 0 saturated heterocycles. The maximum Gasteiger partial charge on any atom is 0.350 e. The van der Waals surface area contributed by atoms with Gasteiger partial charge in [-0.25, -0.2) is 4.79 Å². The first-order valence-electron chi connectivity index (χ1n) is 11.0. The number of ether oxygens (including phenoxy) is 6. The van der Waals surface area contributed by atoms with Gasteiger partial charge in [-0.3, -0.25) is 0 Å². The topological polar surface area (TPSA) is 105 Å². The van der Waals surface area contributed by atoms with Crippen LogP contribution < -0.4 is 24.3 Å². The van der Waals surface area contributed by atoms with Gasteiger partial charge in [-0.05, 0) is 49.7 Å². The quantitative estimate of drug-likeness (QED) is 0.246. The molecule has 2 atom stereocenters. The van der Waals surface area contributed by atoms with Crippen molar-refractivity contribution in [1.29, 1.82) is 0 Å². The lowest BCUT2D eigenvalue weighted by Crippen LogP contribution is -2.37. The Kier molecular flexibility index (Phi) is 10.1. The summed E-state index contributed by atoms with van der Waals surface area (Å²) in [7, 11) is 1.54. The molecule has 34 heavy (non-hydrogen) atoms. The van der Waals surface area contributed by atoms with Crippen molar-refractivity contribution in [2.75, 3.05) is 46.8 Å². The van der Waals surface area contributed by atoms with E-state index in [0.717, 1.165) is 12.0 Å². The zero-order chi connectivity index (χ0) is 24.3. The van der Waals surface area contributed by atoms with Gasteiger partial charge in [0.15, 0.2) is 18.3 Å². The lowest BCUT2D eigenvalue weighted by molar-refractivity contribution is -0.153. The molecule has 1 heterocycles. The average Bonchev–Trinajstić information content (AvgIpc) is 2.84. The highest BCUT2D eigenvalue weighted by molar-refractivity contribution is 6.32. The molecule has 2 aromatic carbocycles. The standard InChI is InChI=1S/C24H30ClNO8/c1-3-30-24(28)23-14-32-22-10-16(4-6-21(22)34-23)8-9-26-12-17(27)13-31-20-7-5-18(11-19(20)25)33-15-29-2/h4-7,10-11,17,23,26-27H,3,8-9,12-15H2,1-2H3/t17-,23+/m0/s1. The number of aliphatic hydroxyl groups is 1. The maximum atomic E-state index is 11.8. The van der Waals surface area contributed by atoms with Crippen LogP contribution in [0.3, 0.4) is 0 Å². The first kappa shape index (κ1) is 25.9. The Morgan fingerprint density at radius 2 is 2.09 bits per heavy atom. The van der Waals surface area contributed by atoms with E-state index in [4.69, 9.17) is 40.0 Å². The van der Waals surface area contributed by atoms with E-state index in [1.165, 1.54) is 7.11 Å². The molecule has 0 aliphatic carbocycles. The number of rotatable bonds is 13. The Bertz CT molecular complexity index is 941. The number of nitrogens with one attached hydrogen (secondary N) is 1. The summed E-state index contributed by atoms with van der Waals surface area (Å²) in [6.45, 7) is 3.39. The molecule has 0 amide bonds. The smallest absolute Gasteiger partial charge is 0.350 e. The molecule has 10 heteroatoms. The third kappa shape index (κ3) is 7.66. The fourth-order valence-electron chi connectivity index (χ4n) is 3.18. The summed E-state index contributed by atoms with van der Waals surface area (Å²) in [6.07, 6.45) is -0.735. The van der Waals surface area contributed by atoms with Gasteiger partial charge in [0, 0.05) is 19.7 Å². The molecule has 0 bridgehead atoms. The number of halogens is 1. The third-order valence-corrected chi connectivity index (χ3v) is 5.16. The van der Waals surface area contributed by atoms with Gasteiger partial charge in [0.2, 0.25) is 6.10 Å². The van der Waals surface area contributed by atoms with Crippen LogP contribution in [0.1, 0.15) is 12.5 Å². The van der Waals surface area contributed by atoms with Gasteiger partial charge >= 0.3 is 5.97 Å². The van der Waals surface area contributed by atoms with Crippen LogP contribution in [-0.2, 0) is 20.7 Å². The molecular formula is C24H30ClNO8. The zero-order valence-electron chi connectivity index (χ0n) is 19.3. The molecule has 3 rings (SSSR count). The van der Waals surface area contributed by atoms with Crippen LogP contribution in [0.4, 0.5) is 0 Å². The normalized spacial score (nSPS) is 15.5. The van der Waals surface area contributed by atoms with Crippen LogP contribution in [0.5, 0.6) is 23.0 Å². The Morgan fingerprint density at radius 3 is 2.85 bits per heavy atom. The molecule has 2 N–H and O–H groups in total. The molecule has 9 nitrogen and oxygen atoms in total. The van der Waals surface area contributed by atoms with Crippen molar-refractivity contribution < 1.29 is 38.3 Å². The van der Waals surface area contributed by atoms with Crippen molar-refractivity contribution in [1.82, 2.24) is 5.32 Å². The predicted octanol–water partition coefficient (Wildman–Crippen LogP) is 2.60. The zero-order valence-corrected chi connectivity index (χ0v) is 20.0. The molecule has 0 aromatic heterocycles. The minimum Gasteiger partial charge on any atom is -0.489 e. The largest absolute Gasteiger partial charge is 0.489 e. The van der Waals surface area contributed by atoms with Crippen molar-refractivity contribution in [3.63, 3.8) is 0 Å². The first-order chi connectivity index (χ1) is 16.5. The molecule has 186 valence electrons. The Balaban J connectivity index is 1.37. The van der Waals surface area contributed by atoms with Crippen LogP contribution in [0.15, 0.2) is 36.4 Å². The number of hydrogen-bond donors (Lipinski definition) is 2. The predicted molar refractivity (Wildman–Crippen MR) is 125 cm³/mol. The van der Waals surface area contributed by atoms with Gasteiger partial charge < -0.3 is 38.8 Å². The summed E-state index contributed by atoms with van der Waals surface area (Å²) in [4.78, 5) is 11.8. The van der Waals surface area contributed by atoms with E-state index in [2.05, 4.69) is 5.32 Å². The van der Waals surface area contributed by atoms with E-state index >= 15 is 0 Å². The molecule has 0 radical (unpaired) electrons. The molecule has 1 aliphatic rings. The van der Waals surface area contributed by atoms with E-state index < -0.39 is 18.2 Å². The molecule has 0 spiro atoms. The fraction of sp³-hybridized carbons (Fsp3) is 0.458. The number of aliphatic hydroxyl groups excluding tert-OH is 1. The SMILES string of the molecule is CCOC(=O)[C@H]1COc2cc(CCNC[C@H](O)COc3ccc(OCOC)cc3Cl)ccc2O1. The highest BCUT2D eigenvalue weighted by atomic mass is 35.5. The number of fused-ring (bicyclic) bond motifs is 1. The minimum atomic E-state index is -0.750. The van der Waals surface area contributed by atoms with E-state index in [1.807, 2.05) is 12.1 Å². The highest BCUT2D eigenvalue weighted by Crippen LogP contribution is 2.33. The summed E-state index contributed by atoms with van der Waals surface area (Å²) in [5.74, 6) is 1.72. The Labute approximate surface area is 203 Å². The summed E-state index contributed by atoms with van der Waals surface area (Å²) in [5, 5.41) is 13.8. The minimum absolute atomic E-state index is 0.0939. The molecule has 0 unspecified atom stereocenters. The van der Waals surface area contributed by atoms with E-state index in [1.54, 1.807) is 31.2 Å². The second-order valence-electron chi connectivity index (χ2n) is 7.51. The first-order valence-corrected chi connectivity index (χ1v) is 11.4. The van der Waals surface area contributed by atoms with Crippen LogP contribution in [0.2, 0.25) is 5.02 Å². The van der Waals surface area contributed by atoms with Crippen molar-refractivity contribution >= 4 is 17.6 Å². The van der Waals surface area contributed by atoms with Gasteiger partial charge in [0.05, 0.1) is 11.6 Å². The maximum absolute atomic E-state index is 11.8. The summed E-state index contributed by atoms with van der Waals surface area (Å²) in [5.41, 5.74) is 1.04. The number of carbonyl (C=O) groups is 1. The molecule has 0 saturated carbocycles.